The van der Waals surface area contributed by atoms with Crippen LogP contribution in [0.1, 0.15) is 25.0 Å². The minimum absolute atomic E-state index is 0.0773. The lowest BCUT2D eigenvalue weighted by molar-refractivity contribution is 0.660. The number of rotatable bonds is 4. The molecule has 0 fully saturated rings. The van der Waals surface area contributed by atoms with Crippen molar-refractivity contribution < 1.29 is 0 Å². The zero-order valence-electron chi connectivity index (χ0n) is 23.2. The van der Waals surface area contributed by atoms with Gasteiger partial charge in [-0.15, -0.1) is 0 Å². The normalized spacial score (nSPS) is 13.2. The van der Waals surface area contributed by atoms with Crippen molar-refractivity contribution in [3.63, 3.8) is 0 Å². The molecule has 0 spiro atoms. The molecule has 0 bridgehead atoms. The fraction of sp³-hybridized carbons (Fsp3) is 0.0811. The number of hydrogen-bond donors (Lipinski definition) is 0. The van der Waals surface area contributed by atoms with Gasteiger partial charge in [-0.3, -0.25) is 0 Å². The maximum Gasteiger partial charge on any atom is 0.160 e. The van der Waals surface area contributed by atoms with Crippen LogP contribution in [0.25, 0.3) is 65.9 Å². The van der Waals surface area contributed by atoms with E-state index in [0.717, 1.165) is 49.0 Å². The molecule has 0 unspecified atom stereocenters. The Bertz CT molecular complexity index is 2080. The van der Waals surface area contributed by atoms with Crippen molar-refractivity contribution in [3.8, 4) is 55.6 Å². The quantitative estimate of drug-likeness (QED) is 0.216. The molecule has 0 aliphatic heterocycles. The van der Waals surface area contributed by atoms with Crippen LogP contribution in [0.15, 0.2) is 121 Å². The molecule has 0 saturated carbocycles. The lowest BCUT2D eigenvalue weighted by Gasteiger charge is -2.22. The van der Waals surface area contributed by atoms with Crippen LogP contribution >= 0.6 is 11.3 Å². The van der Waals surface area contributed by atoms with Crippen LogP contribution in [0.5, 0.6) is 0 Å². The molecule has 7 aromatic rings. The Morgan fingerprint density at radius 2 is 1.24 bits per heavy atom. The Hall–Kier alpha value is -5.00. The highest BCUT2D eigenvalue weighted by atomic mass is 32.1. The van der Waals surface area contributed by atoms with E-state index in [1.54, 1.807) is 11.3 Å². The number of nitrogens with zero attached hydrogens (tertiary/aromatic N) is 4. The SMILES string of the molecule is CC1(C)c2ccccc2-c2ccc(-c3cc(-c4ccccc4)nc(-c4ccc(-c5nc6cccnc6s5)cc4)n3)cc21. The van der Waals surface area contributed by atoms with Gasteiger partial charge in [0.05, 0.1) is 11.4 Å². The Morgan fingerprint density at radius 3 is 2.05 bits per heavy atom. The largest absolute Gasteiger partial charge is 0.244 e. The Balaban J connectivity index is 1.23. The van der Waals surface area contributed by atoms with Gasteiger partial charge in [0.1, 0.15) is 15.4 Å². The topological polar surface area (TPSA) is 51.6 Å². The van der Waals surface area contributed by atoms with Crippen LogP contribution in [0, 0.1) is 0 Å². The second kappa shape index (κ2) is 9.54. The maximum absolute atomic E-state index is 5.12. The van der Waals surface area contributed by atoms with Crippen LogP contribution in [-0.2, 0) is 5.41 Å². The first-order valence-corrected chi connectivity index (χ1v) is 14.9. The third-order valence-corrected chi connectivity index (χ3v) is 9.26. The Labute approximate surface area is 248 Å². The van der Waals surface area contributed by atoms with Crippen molar-refractivity contribution in [2.75, 3.05) is 0 Å². The van der Waals surface area contributed by atoms with Crippen LogP contribution in [0.4, 0.5) is 0 Å². The third kappa shape index (κ3) is 4.05. The summed E-state index contributed by atoms with van der Waals surface area (Å²) in [4.78, 5) is 20.3. The predicted octanol–water partition coefficient (Wildman–Crippen LogP) is 9.46. The van der Waals surface area contributed by atoms with Crippen LogP contribution in [-0.4, -0.2) is 19.9 Å². The molecule has 200 valence electrons. The summed E-state index contributed by atoms with van der Waals surface area (Å²) in [6.45, 7) is 4.62. The minimum atomic E-state index is -0.0773. The van der Waals surface area contributed by atoms with Gasteiger partial charge < -0.3 is 0 Å². The molecule has 0 saturated heterocycles. The van der Waals surface area contributed by atoms with Gasteiger partial charge in [-0.2, -0.15) is 0 Å². The van der Waals surface area contributed by atoms with E-state index >= 15 is 0 Å². The molecule has 3 aromatic heterocycles. The highest BCUT2D eigenvalue weighted by molar-refractivity contribution is 7.21. The van der Waals surface area contributed by atoms with Gasteiger partial charge >= 0.3 is 0 Å². The number of fused-ring (bicyclic) bond motifs is 4. The summed E-state index contributed by atoms with van der Waals surface area (Å²) in [5.74, 6) is 0.701. The summed E-state index contributed by atoms with van der Waals surface area (Å²) in [6.07, 6.45) is 1.81. The van der Waals surface area contributed by atoms with E-state index in [1.165, 1.54) is 22.3 Å². The van der Waals surface area contributed by atoms with Gasteiger partial charge in [0.2, 0.25) is 0 Å². The zero-order valence-corrected chi connectivity index (χ0v) is 24.1. The summed E-state index contributed by atoms with van der Waals surface area (Å²) >= 11 is 1.60. The molecular weight excluding hydrogens is 533 g/mol. The molecule has 42 heavy (non-hydrogen) atoms. The zero-order chi connectivity index (χ0) is 28.3. The number of hydrogen-bond acceptors (Lipinski definition) is 5. The average molecular weight is 559 g/mol. The molecular formula is C37H26N4S. The number of benzene rings is 4. The van der Waals surface area contributed by atoms with Crippen molar-refractivity contribution >= 4 is 21.7 Å². The molecule has 5 heteroatoms. The molecule has 3 heterocycles. The monoisotopic (exact) mass is 558 g/mol. The molecule has 4 aromatic carbocycles. The fourth-order valence-electron chi connectivity index (χ4n) is 6.00. The molecule has 0 amide bonds. The smallest absolute Gasteiger partial charge is 0.160 e. The molecule has 1 aliphatic carbocycles. The van der Waals surface area contributed by atoms with Crippen molar-refractivity contribution in [1.29, 1.82) is 0 Å². The molecule has 1 aliphatic rings. The van der Waals surface area contributed by atoms with E-state index in [2.05, 4.69) is 104 Å². The molecule has 0 N–H and O–H groups in total. The minimum Gasteiger partial charge on any atom is -0.244 e. The lowest BCUT2D eigenvalue weighted by Crippen LogP contribution is -2.14. The first kappa shape index (κ1) is 24.8. The molecule has 0 radical (unpaired) electrons. The summed E-state index contributed by atoms with van der Waals surface area (Å²) in [7, 11) is 0. The highest BCUT2D eigenvalue weighted by Gasteiger charge is 2.35. The van der Waals surface area contributed by atoms with Gasteiger partial charge in [-0.25, -0.2) is 19.9 Å². The Kier molecular flexibility index (Phi) is 5.62. The summed E-state index contributed by atoms with van der Waals surface area (Å²) in [5, 5.41) is 0.955. The maximum atomic E-state index is 5.12. The van der Waals surface area contributed by atoms with Crippen LogP contribution < -0.4 is 0 Å². The Morgan fingerprint density at radius 1 is 0.548 bits per heavy atom. The summed E-state index contributed by atoms with van der Waals surface area (Å²) in [5.41, 5.74) is 12.2. The van der Waals surface area contributed by atoms with Gasteiger partial charge in [0, 0.05) is 33.9 Å². The van der Waals surface area contributed by atoms with Gasteiger partial charge in [-0.05, 0) is 46.5 Å². The average Bonchev–Trinajstić information content (AvgIpc) is 3.58. The van der Waals surface area contributed by atoms with E-state index in [9.17, 15) is 0 Å². The first-order valence-electron chi connectivity index (χ1n) is 14.1. The van der Waals surface area contributed by atoms with E-state index in [0.29, 0.717) is 5.82 Å². The highest BCUT2D eigenvalue weighted by Crippen LogP contribution is 2.49. The summed E-state index contributed by atoms with van der Waals surface area (Å²) < 4.78 is 0. The standard InChI is InChI=1S/C37H26N4S/c1-37(2)29-12-7-6-11-27(29)28-19-18-26(21-30(28)37)33-22-32(23-9-4-3-5-10-23)39-34(40-33)24-14-16-25(17-15-24)35-41-31-13-8-20-38-36(31)42-35/h3-22H,1-2H3. The summed E-state index contributed by atoms with van der Waals surface area (Å²) in [6, 6.07) is 40.2. The number of thiazole rings is 1. The second-order valence-electron chi connectivity index (χ2n) is 11.2. The second-order valence-corrected chi connectivity index (χ2v) is 12.2. The van der Waals surface area contributed by atoms with Gasteiger partial charge in [0.15, 0.2) is 5.82 Å². The number of aromatic nitrogens is 4. The van der Waals surface area contributed by atoms with Gasteiger partial charge in [0.25, 0.3) is 0 Å². The fourth-order valence-corrected chi connectivity index (χ4v) is 6.91. The van der Waals surface area contributed by atoms with Crippen molar-refractivity contribution in [2.24, 2.45) is 0 Å². The van der Waals surface area contributed by atoms with Crippen molar-refractivity contribution in [2.45, 2.75) is 19.3 Å². The molecule has 0 atom stereocenters. The van der Waals surface area contributed by atoms with Crippen molar-refractivity contribution in [1.82, 2.24) is 19.9 Å². The van der Waals surface area contributed by atoms with Crippen molar-refractivity contribution in [3.05, 3.63) is 133 Å². The van der Waals surface area contributed by atoms with Crippen LogP contribution in [0.2, 0.25) is 0 Å². The lowest BCUT2D eigenvalue weighted by atomic mass is 9.82. The predicted molar refractivity (Wildman–Crippen MR) is 172 cm³/mol. The van der Waals surface area contributed by atoms with E-state index in [-0.39, 0.29) is 5.41 Å². The first-order chi connectivity index (χ1) is 20.5. The molecule has 4 nitrogen and oxygen atoms in total. The van der Waals surface area contributed by atoms with Crippen LogP contribution in [0.3, 0.4) is 0 Å². The van der Waals surface area contributed by atoms with Gasteiger partial charge in [-0.1, -0.05) is 116 Å². The number of pyridine rings is 1. The van der Waals surface area contributed by atoms with E-state index in [1.807, 2.05) is 36.5 Å². The molecule has 8 rings (SSSR count). The van der Waals surface area contributed by atoms with E-state index < -0.39 is 0 Å². The third-order valence-electron chi connectivity index (χ3n) is 8.23. The van der Waals surface area contributed by atoms with E-state index in [4.69, 9.17) is 15.0 Å².